The first-order chi connectivity index (χ1) is 11.1. The summed E-state index contributed by atoms with van der Waals surface area (Å²) in [4.78, 5) is 10.9. The summed E-state index contributed by atoms with van der Waals surface area (Å²) < 4.78 is 4.37. The summed E-state index contributed by atoms with van der Waals surface area (Å²) in [6.45, 7) is 3.67. The number of hydrogen-bond acceptors (Lipinski definition) is 1. The highest BCUT2D eigenvalue weighted by molar-refractivity contribution is 5.87. The van der Waals surface area contributed by atoms with Gasteiger partial charge in [-0.3, -0.25) is 0 Å². The molecule has 2 aromatic carbocycles. The number of carboxylic acids is 1. The van der Waals surface area contributed by atoms with Crippen molar-refractivity contribution in [3.8, 4) is 0 Å². The summed E-state index contributed by atoms with van der Waals surface area (Å²) in [6, 6.07) is 17.4. The van der Waals surface area contributed by atoms with Crippen molar-refractivity contribution in [1.29, 1.82) is 0 Å². The molecule has 0 unspecified atom stereocenters. The number of carboxylic acid groups (broad SMARTS) is 1. The fraction of sp³-hybridized carbons (Fsp3) is 0.158. The molecule has 4 nitrogen and oxygen atoms in total. The lowest BCUT2D eigenvalue weighted by Gasteiger charge is -2.03. The van der Waals surface area contributed by atoms with Crippen LogP contribution >= 0.6 is 0 Å². The molecule has 0 spiro atoms. The third-order valence-electron chi connectivity index (χ3n) is 4.01. The molecule has 24 heavy (non-hydrogen) atoms. The van der Waals surface area contributed by atoms with E-state index < -0.39 is 5.97 Å². The van der Waals surface area contributed by atoms with E-state index in [0.717, 1.165) is 24.5 Å². The van der Waals surface area contributed by atoms with Gasteiger partial charge < -0.3 is 17.5 Å². The summed E-state index contributed by atoms with van der Waals surface area (Å²) in [7, 11) is 0. The number of hydrogen-bond donors (Lipinski definition) is 1. The molecule has 1 aromatic heterocycles. The quantitative estimate of drug-likeness (QED) is 0.657. The van der Waals surface area contributed by atoms with Crippen LogP contribution in [0.4, 0.5) is 0 Å². The Morgan fingerprint density at radius 3 is 2.33 bits per heavy atom. The number of halogens is 1. The normalized spacial score (nSPS) is 10.2. The molecule has 0 bridgehead atoms. The average molecular weight is 343 g/mol. The summed E-state index contributed by atoms with van der Waals surface area (Å²) in [5.41, 5.74) is 2.67. The molecule has 3 aromatic rings. The van der Waals surface area contributed by atoms with Gasteiger partial charge in [0.1, 0.15) is 25.5 Å². The standard InChI is InChI=1S/C19H18N2O2.ClH/c1-15-20(13-16-5-3-2-4-6-16)11-12-21(15)14-17-7-9-18(10-8-17)19(22)23;/h2-12H,13-14H2,1H3;1H. The molecule has 0 aliphatic carbocycles. The molecule has 0 aliphatic rings. The molecule has 0 fully saturated rings. The maximum Gasteiger partial charge on any atom is 0.335 e. The summed E-state index contributed by atoms with van der Waals surface area (Å²) >= 11 is 0. The first-order valence-electron chi connectivity index (χ1n) is 7.55. The van der Waals surface area contributed by atoms with Gasteiger partial charge in [-0.05, 0) is 23.3 Å². The Labute approximate surface area is 147 Å². The smallest absolute Gasteiger partial charge is 0.335 e. The highest BCUT2D eigenvalue weighted by atomic mass is 35.5. The van der Waals surface area contributed by atoms with Crippen LogP contribution in [0.5, 0.6) is 0 Å². The Bertz CT molecular complexity index is 811. The van der Waals surface area contributed by atoms with Gasteiger partial charge in [0.05, 0.1) is 5.56 Å². The lowest BCUT2D eigenvalue weighted by Crippen LogP contribution is -3.00. The van der Waals surface area contributed by atoms with Crippen LogP contribution in [0.15, 0.2) is 67.0 Å². The summed E-state index contributed by atoms with van der Waals surface area (Å²) in [5, 5.41) is 8.94. The molecule has 0 saturated heterocycles. The second-order valence-corrected chi connectivity index (χ2v) is 5.59. The van der Waals surface area contributed by atoms with Gasteiger partial charge in [0, 0.05) is 6.92 Å². The molecule has 124 valence electrons. The van der Waals surface area contributed by atoms with Crippen LogP contribution in [0.1, 0.15) is 27.3 Å². The lowest BCUT2D eigenvalue weighted by atomic mass is 10.1. The van der Waals surface area contributed by atoms with Gasteiger partial charge >= 0.3 is 5.97 Å². The van der Waals surface area contributed by atoms with Crippen LogP contribution in [0.2, 0.25) is 0 Å². The van der Waals surface area contributed by atoms with Crippen LogP contribution < -0.4 is 17.0 Å². The fourth-order valence-corrected chi connectivity index (χ4v) is 2.61. The van der Waals surface area contributed by atoms with E-state index in [2.05, 4.69) is 40.6 Å². The number of imidazole rings is 1. The molecular formula is C19H19ClN2O2. The Morgan fingerprint density at radius 2 is 1.71 bits per heavy atom. The highest BCUT2D eigenvalue weighted by Gasteiger charge is 2.13. The molecule has 1 N–H and O–H groups in total. The Kier molecular flexibility index (Phi) is 5.77. The fourth-order valence-electron chi connectivity index (χ4n) is 2.61. The topological polar surface area (TPSA) is 46.1 Å². The van der Waals surface area contributed by atoms with E-state index in [0.29, 0.717) is 5.56 Å². The molecule has 3 rings (SSSR count). The third kappa shape index (κ3) is 4.03. The van der Waals surface area contributed by atoms with Crippen molar-refractivity contribution < 1.29 is 26.9 Å². The van der Waals surface area contributed by atoms with Gasteiger partial charge in [-0.2, -0.15) is 0 Å². The molecule has 0 aliphatic heterocycles. The van der Waals surface area contributed by atoms with Crippen LogP contribution in [0, 0.1) is 6.92 Å². The minimum absolute atomic E-state index is 0. The summed E-state index contributed by atoms with van der Waals surface area (Å²) in [5.74, 6) is 0.269. The number of rotatable bonds is 5. The van der Waals surface area contributed by atoms with Crippen molar-refractivity contribution in [2.75, 3.05) is 0 Å². The van der Waals surface area contributed by atoms with E-state index in [1.165, 1.54) is 5.56 Å². The van der Waals surface area contributed by atoms with Crippen molar-refractivity contribution in [1.82, 2.24) is 4.57 Å². The van der Waals surface area contributed by atoms with Crippen LogP contribution in [0.25, 0.3) is 0 Å². The van der Waals surface area contributed by atoms with Crippen molar-refractivity contribution in [2.24, 2.45) is 0 Å². The Morgan fingerprint density at radius 1 is 1.04 bits per heavy atom. The zero-order chi connectivity index (χ0) is 16.2. The van der Waals surface area contributed by atoms with E-state index >= 15 is 0 Å². The van der Waals surface area contributed by atoms with E-state index in [9.17, 15) is 4.79 Å². The first-order valence-corrected chi connectivity index (χ1v) is 7.55. The maximum absolute atomic E-state index is 10.9. The zero-order valence-electron chi connectivity index (χ0n) is 13.4. The van der Waals surface area contributed by atoms with Crippen molar-refractivity contribution in [3.05, 3.63) is 89.5 Å². The highest BCUT2D eigenvalue weighted by Crippen LogP contribution is 2.08. The predicted octanol–water partition coefficient (Wildman–Crippen LogP) is -0.117. The zero-order valence-corrected chi connectivity index (χ0v) is 14.1. The second kappa shape index (κ2) is 7.79. The number of benzene rings is 2. The Balaban J connectivity index is 0.00000208. The molecule has 5 heteroatoms. The molecular weight excluding hydrogens is 324 g/mol. The van der Waals surface area contributed by atoms with Gasteiger partial charge in [-0.25, -0.2) is 13.9 Å². The lowest BCUT2D eigenvalue weighted by molar-refractivity contribution is -0.693. The molecule has 0 radical (unpaired) electrons. The SMILES string of the molecule is Cc1n(Cc2ccc(C(=O)O)cc2)cc[n+]1Cc1ccccc1.[Cl-]. The van der Waals surface area contributed by atoms with Crippen molar-refractivity contribution in [3.63, 3.8) is 0 Å². The molecule has 1 heterocycles. The summed E-state index contributed by atoms with van der Waals surface area (Å²) in [6.07, 6.45) is 4.14. The van der Waals surface area contributed by atoms with E-state index in [-0.39, 0.29) is 12.4 Å². The number of carbonyl (C=O) groups is 1. The van der Waals surface area contributed by atoms with Crippen LogP contribution in [-0.4, -0.2) is 15.6 Å². The number of aromatic nitrogens is 2. The molecule has 0 amide bonds. The minimum atomic E-state index is -0.894. The molecule has 0 saturated carbocycles. The van der Waals surface area contributed by atoms with E-state index in [1.807, 2.05) is 30.3 Å². The van der Waals surface area contributed by atoms with Crippen LogP contribution in [-0.2, 0) is 13.1 Å². The monoisotopic (exact) mass is 342 g/mol. The van der Waals surface area contributed by atoms with Gasteiger partial charge in [0.25, 0.3) is 5.82 Å². The van der Waals surface area contributed by atoms with Gasteiger partial charge in [0.15, 0.2) is 0 Å². The average Bonchev–Trinajstić information content (AvgIpc) is 2.90. The molecule has 0 atom stereocenters. The first kappa shape index (κ1) is 17.8. The van der Waals surface area contributed by atoms with E-state index in [1.54, 1.807) is 12.1 Å². The van der Waals surface area contributed by atoms with Gasteiger partial charge in [-0.15, -0.1) is 0 Å². The van der Waals surface area contributed by atoms with Crippen molar-refractivity contribution >= 4 is 5.97 Å². The number of nitrogens with zero attached hydrogens (tertiary/aromatic N) is 2. The van der Waals surface area contributed by atoms with E-state index in [4.69, 9.17) is 5.11 Å². The Hall–Kier alpha value is -2.59. The van der Waals surface area contributed by atoms with Gasteiger partial charge in [0.2, 0.25) is 0 Å². The van der Waals surface area contributed by atoms with Crippen molar-refractivity contribution in [2.45, 2.75) is 20.0 Å². The minimum Gasteiger partial charge on any atom is -1.00 e. The van der Waals surface area contributed by atoms with Gasteiger partial charge in [-0.1, -0.05) is 42.5 Å². The third-order valence-corrected chi connectivity index (χ3v) is 4.01. The predicted molar refractivity (Wildman–Crippen MR) is 87.4 cm³/mol. The maximum atomic E-state index is 10.9. The second-order valence-electron chi connectivity index (χ2n) is 5.59. The number of aromatic carboxylic acids is 1. The largest absolute Gasteiger partial charge is 1.00 e. The van der Waals surface area contributed by atoms with Crippen LogP contribution in [0.3, 0.4) is 0 Å².